The molecule has 4 rings (SSSR count). The second kappa shape index (κ2) is 6.08. The van der Waals surface area contributed by atoms with E-state index in [4.69, 9.17) is 0 Å². The molecule has 0 radical (unpaired) electrons. The Hall–Kier alpha value is -3.28. The number of nitrogens with zero attached hydrogens (tertiary/aromatic N) is 4. The molecule has 0 aliphatic carbocycles. The van der Waals surface area contributed by atoms with Gasteiger partial charge in [0.2, 0.25) is 5.65 Å². The zero-order chi connectivity index (χ0) is 16.4. The van der Waals surface area contributed by atoms with Crippen molar-refractivity contribution in [3.8, 4) is 11.4 Å². The fraction of sp³-hybridized carbons (Fsp3) is 0.0556. The molecule has 5 nitrogen and oxygen atoms in total. The number of benzene rings is 2. The maximum Gasteiger partial charge on any atom is 0.203 e. The lowest BCUT2D eigenvalue weighted by molar-refractivity contribution is 0.613. The van der Waals surface area contributed by atoms with Crippen LogP contribution in [0.2, 0.25) is 0 Å². The summed E-state index contributed by atoms with van der Waals surface area (Å²) in [5.41, 5.74) is 2.15. The van der Waals surface area contributed by atoms with Crippen LogP contribution >= 0.6 is 0 Å². The van der Waals surface area contributed by atoms with E-state index < -0.39 is 0 Å². The molecule has 4 aromatic rings. The predicted octanol–water partition coefficient (Wildman–Crippen LogP) is 3.54. The van der Waals surface area contributed by atoms with Gasteiger partial charge in [-0.05, 0) is 6.07 Å². The number of rotatable bonds is 4. The van der Waals surface area contributed by atoms with Gasteiger partial charge in [-0.25, -0.2) is 9.37 Å². The van der Waals surface area contributed by atoms with Crippen LogP contribution in [-0.4, -0.2) is 19.6 Å². The van der Waals surface area contributed by atoms with Gasteiger partial charge in [0.15, 0.2) is 11.6 Å². The summed E-state index contributed by atoms with van der Waals surface area (Å²) in [5, 5.41) is 11.6. The molecule has 2 heterocycles. The highest BCUT2D eigenvalue weighted by Gasteiger charge is 2.12. The highest BCUT2D eigenvalue weighted by molar-refractivity contribution is 5.67. The molecule has 0 fully saturated rings. The summed E-state index contributed by atoms with van der Waals surface area (Å²) in [7, 11) is 0. The molecule has 1 N–H and O–H groups in total. The molecule has 0 unspecified atom stereocenters. The van der Waals surface area contributed by atoms with Crippen molar-refractivity contribution in [3.05, 3.63) is 78.4 Å². The van der Waals surface area contributed by atoms with E-state index in [2.05, 4.69) is 20.5 Å². The Bertz CT molecular complexity index is 981. The molecule has 0 amide bonds. The van der Waals surface area contributed by atoms with E-state index in [0.717, 1.165) is 11.4 Å². The predicted molar refractivity (Wildman–Crippen MR) is 89.9 cm³/mol. The molecule has 0 aliphatic rings. The van der Waals surface area contributed by atoms with Crippen molar-refractivity contribution < 1.29 is 4.39 Å². The zero-order valence-electron chi connectivity index (χ0n) is 12.7. The van der Waals surface area contributed by atoms with Gasteiger partial charge in [-0.1, -0.05) is 48.5 Å². The number of hydrogen-bond donors (Lipinski definition) is 1. The third kappa shape index (κ3) is 2.58. The van der Waals surface area contributed by atoms with Crippen LogP contribution in [-0.2, 0) is 6.54 Å². The molecule has 2 aromatic heterocycles. The highest BCUT2D eigenvalue weighted by atomic mass is 19.1. The third-order valence-corrected chi connectivity index (χ3v) is 3.76. The van der Waals surface area contributed by atoms with E-state index in [1.807, 2.05) is 40.9 Å². The molecular formula is C18H14FN5. The lowest BCUT2D eigenvalue weighted by atomic mass is 10.2. The summed E-state index contributed by atoms with van der Waals surface area (Å²) >= 11 is 0. The first-order chi connectivity index (χ1) is 11.8. The van der Waals surface area contributed by atoms with E-state index in [-0.39, 0.29) is 5.82 Å². The first-order valence-corrected chi connectivity index (χ1v) is 7.55. The highest BCUT2D eigenvalue weighted by Crippen LogP contribution is 2.21. The van der Waals surface area contributed by atoms with Crippen molar-refractivity contribution in [2.45, 2.75) is 6.54 Å². The number of nitrogens with one attached hydrogen (secondary N) is 1. The van der Waals surface area contributed by atoms with Gasteiger partial charge in [0.05, 0.1) is 0 Å². The average Bonchev–Trinajstić information content (AvgIpc) is 3.06. The van der Waals surface area contributed by atoms with Crippen molar-refractivity contribution in [2.75, 3.05) is 5.32 Å². The Balaban J connectivity index is 1.68. The summed E-state index contributed by atoms with van der Waals surface area (Å²) < 4.78 is 15.6. The van der Waals surface area contributed by atoms with Crippen LogP contribution in [0.25, 0.3) is 17.0 Å². The van der Waals surface area contributed by atoms with Gasteiger partial charge in [-0.15, -0.1) is 10.2 Å². The summed E-state index contributed by atoms with van der Waals surface area (Å²) in [4.78, 5) is 4.30. The zero-order valence-corrected chi connectivity index (χ0v) is 12.7. The van der Waals surface area contributed by atoms with Crippen molar-refractivity contribution in [1.82, 2.24) is 19.6 Å². The van der Waals surface area contributed by atoms with Crippen LogP contribution in [0, 0.1) is 5.82 Å². The van der Waals surface area contributed by atoms with Crippen LogP contribution in [0.4, 0.5) is 10.2 Å². The third-order valence-electron chi connectivity index (χ3n) is 3.76. The first kappa shape index (κ1) is 14.3. The van der Waals surface area contributed by atoms with Gasteiger partial charge in [0, 0.05) is 30.1 Å². The minimum atomic E-state index is -0.247. The molecule has 0 spiro atoms. The standard InChI is InChI=1S/C18H14FN5/c19-15-9-5-4-8-14(15)12-21-16-18-23-22-17(24(18)11-10-20-16)13-6-2-1-3-7-13/h1-11H,12H2,(H,20,21). The quantitative estimate of drug-likeness (QED) is 0.625. The second-order valence-corrected chi connectivity index (χ2v) is 5.30. The Labute approximate surface area is 137 Å². The first-order valence-electron chi connectivity index (χ1n) is 7.55. The molecule has 0 aliphatic heterocycles. The van der Waals surface area contributed by atoms with Gasteiger partial charge < -0.3 is 5.32 Å². The van der Waals surface area contributed by atoms with Gasteiger partial charge >= 0.3 is 0 Å². The lowest BCUT2D eigenvalue weighted by Gasteiger charge is -2.07. The molecule has 0 atom stereocenters. The van der Waals surface area contributed by atoms with Crippen molar-refractivity contribution in [1.29, 1.82) is 0 Å². The minimum Gasteiger partial charge on any atom is -0.363 e. The Morgan fingerprint density at radius 2 is 1.75 bits per heavy atom. The van der Waals surface area contributed by atoms with Crippen LogP contribution in [0.1, 0.15) is 5.56 Å². The molecule has 6 heteroatoms. The topological polar surface area (TPSA) is 55.1 Å². The van der Waals surface area contributed by atoms with E-state index in [1.54, 1.807) is 24.4 Å². The van der Waals surface area contributed by atoms with E-state index in [0.29, 0.717) is 23.6 Å². The van der Waals surface area contributed by atoms with E-state index in [9.17, 15) is 4.39 Å². The van der Waals surface area contributed by atoms with Crippen LogP contribution in [0.15, 0.2) is 67.0 Å². The number of anilines is 1. The SMILES string of the molecule is Fc1ccccc1CNc1nccn2c(-c3ccccc3)nnc12. The molecule has 0 bridgehead atoms. The smallest absolute Gasteiger partial charge is 0.203 e. The Kier molecular flexibility index (Phi) is 3.63. The summed E-state index contributed by atoms with van der Waals surface area (Å²) in [6.07, 6.45) is 3.48. The number of hydrogen-bond acceptors (Lipinski definition) is 4. The van der Waals surface area contributed by atoms with Gasteiger partial charge in [0.25, 0.3) is 0 Å². The minimum absolute atomic E-state index is 0.247. The lowest BCUT2D eigenvalue weighted by Crippen LogP contribution is -2.05. The fourth-order valence-electron chi connectivity index (χ4n) is 2.56. The fourth-order valence-corrected chi connectivity index (χ4v) is 2.56. The van der Waals surface area contributed by atoms with Crippen LogP contribution < -0.4 is 5.32 Å². The second-order valence-electron chi connectivity index (χ2n) is 5.30. The van der Waals surface area contributed by atoms with Gasteiger partial charge in [-0.2, -0.15) is 0 Å². The van der Waals surface area contributed by atoms with Crippen LogP contribution in [0.5, 0.6) is 0 Å². The Morgan fingerprint density at radius 1 is 0.958 bits per heavy atom. The maximum atomic E-state index is 13.7. The molecule has 24 heavy (non-hydrogen) atoms. The molecule has 0 saturated carbocycles. The number of fused-ring (bicyclic) bond motifs is 1. The average molecular weight is 319 g/mol. The van der Waals surface area contributed by atoms with E-state index >= 15 is 0 Å². The summed E-state index contributed by atoms with van der Waals surface area (Å²) in [6.45, 7) is 0.326. The number of aromatic nitrogens is 4. The normalized spacial score (nSPS) is 10.9. The van der Waals surface area contributed by atoms with Gasteiger partial charge in [0.1, 0.15) is 5.82 Å². The number of halogens is 1. The maximum absolute atomic E-state index is 13.7. The van der Waals surface area contributed by atoms with Crippen LogP contribution in [0.3, 0.4) is 0 Å². The molecular weight excluding hydrogens is 305 g/mol. The van der Waals surface area contributed by atoms with Crippen molar-refractivity contribution in [2.24, 2.45) is 0 Å². The largest absolute Gasteiger partial charge is 0.363 e. The molecule has 2 aromatic carbocycles. The monoisotopic (exact) mass is 319 g/mol. The molecule has 118 valence electrons. The Morgan fingerprint density at radius 3 is 2.58 bits per heavy atom. The van der Waals surface area contributed by atoms with Gasteiger partial charge in [-0.3, -0.25) is 4.40 Å². The molecule has 0 saturated heterocycles. The summed E-state index contributed by atoms with van der Waals surface area (Å²) in [6, 6.07) is 16.5. The van der Waals surface area contributed by atoms with Crippen molar-refractivity contribution in [3.63, 3.8) is 0 Å². The summed E-state index contributed by atoms with van der Waals surface area (Å²) in [5.74, 6) is 1.06. The van der Waals surface area contributed by atoms with Crippen molar-refractivity contribution >= 4 is 11.5 Å². The van der Waals surface area contributed by atoms with E-state index in [1.165, 1.54) is 6.07 Å².